The highest BCUT2D eigenvalue weighted by atomic mass is 19.4. The molecule has 1 aromatic heterocycles. The first-order valence-electron chi connectivity index (χ1n) is 11.3. The Morgan fingerprint density at radius 1 is 1.03 bits per heavy atom. The molecular formula is C26H19F5N4O2. The van der Waals surface area contributed by atoms with E-state index in [0.29, 0.717) is 10.9 Å². The van der Waals surface area contributed by atoms with Gasteiger partial charge in [-0.15, -0.1) is 0 Å². The molecule has 190 valence electrons. The van der Waals surface area contributed by atoms with E-state index >= 15 is 4.39 Å². The third-order valence-corrected chi connectivity index (χ3v) is 6.08. The van der Waals surface area contributed by atoms with Crippen LogP contribution in [0.2, 0.25) is 0 Å². The summed E-state index contributed by atoms with van der Waals surface area (Å²) in [5.41, 5.74) is -1.04. The molecule has 0 saturated heterocycles. The molecule has 1 aliphatic rings. The molecule has 1 fully saturated rings. The van der Waals surface area contributed by atoms with Crippen molar-refractivity contribution in [1.29, 1.82) is 0 Å². The fourth-order valence-corrected chi connectivity index (χ4v) is 3.98. The molecule has 5 rings (SSSR count). The summed E-state index contributed by atoms with van der Waals surface area (Å²) in [4.78, 5) is 24.8. The highest BCUT2D eigenvalue weighted by Gasteiger charge is 2.31. The molecule has 4 aromatic rings. The summed E-state index contributed by atoms with van der Waals surface area (Å²) in [7, 11) is 0. The average Bonchev–Trinajstić information content (AvgIpc) is 3.62. The Hall–Kier alpha value is -4.28. The normalized spacial score (nSPS) is 13.5. The number of nitrogens with zero attached hydrogens (tertiary/aromatic N) is 2. The summed E-state index contributed by atoms with van der Waals surface area (Å²) in [6.07, 6.45) is -1.67. The van der Waals surface area contributed by atoms with Crippen LogP contribution in [0.25, 0.3) is 16.6 Å². The van der Waals surface area contributed by atoms with Crippen molar-refractivity contribution in [2.24, 2.45) is 5.92 Å². The van der Waals surface area contributed by atoms with Crippen molar-refractivity contribution >= 4 is 28.4 Å². The highest BCUT2D eigenvalue weighted by molar-refractivity contribution is 6.09. The Balaban J connectivity index is 1.43. The zero-order valence-electron chi connectivity index (χ0n) is 19.1. The van der Waals surface area contributed by atoms with E-state index in [2.05, 4.69) is 15.7 Å². The number of alkyl halides is 3. The molecule has 0 spiro atoms. The van der Waals surface area contributed by atoms with Crippen LogP contribution in [0.1, 0.15) is 34.3 Å². The molecule has 1 aliphatic carbocycles. The van der Waals surface area contributed by atoms with Crippen LogP contribution >= 0.6 is 0 Å². The number of rotatable bonds is 6. The molecule has 6 nitrogen and oxygen atoms in total. The van der Waals surface area contributed by atoms with Gasteiger partial charge in [-0.2, -0.15) is 18.3 Å². The van der Waals surface area contributed by atoms with Gasteiger partial charge in [0.1, 0.15) is 17.2 Å². The van der Waals surface area contributed by atoms with Crippen LogP contribution in [-0.4, -0.2) is 21.6 Å². The van der Waals surface area contributed by atoms with Gasteiger partial charge in [0.25, 0.3) is 5.91 Å². The average molecular weight is 514 g/mol. The third kappa shape index (κ3) is 4.89. The number of anilines is 1. The molecule has 37 heavy (non-hydrogen) atoms. The number of carbonyl (C=O) groups excluding carboxylic acids is 2. The molecule has 2 amide bonds. The Labute approximate surface area is 207 Å². The molecule has 2 N–H and O–H groups in total. The van der Waals surface area contributed by atoms with Crippen molar-refractivity contribution < 1.29 is 31.5 Å². The van der Waals surface area contributed by atoms with Crippen LogP contribution in [0.3, 0.4) is 0 Å². The fraction of sp³-hybridized carbons (Fsp3) is 0.192. The smallest absolute Gasteiger partial charge is 0.352 e. The number of hydrogen-bond donors (Lipinski definition) is 2. The van der Waals surface area contributed by atoms with E-state index in [1.165, 1.54) is 35.1 Å². The topological polar surface area (TPSA) is 76.0 Å². The molecule has 3 aromatic carbocycles. The Bertz CT molecular complexity index is 1530. The summed E-state index contributed by atoms with van der Waals surface area (Å²) in [6.45, 7) is -0.193. The quantitative estimate of drug-likeness (QED) is 0.329. The van der Waals surface area contributed by atoms with Gasteiger partial charge < -0.3 is 10.6 Å². The second kappa shape index (κ2) is 9.30. The van der Waals surface area contributed by atoms with E-state index in [0.717, 1.165) is 37.1 Å². The molecule has 0 bridgehead atoms. The molecule has 1 saturated carbocycles. The minimum atomic E-state index is -4.54. The van der Waals surface area contributed by atoms with Crippen molar-refractivity contribution in [1.82, 2.24) is 15.1 Å². The minimum absolute atomic E-state index is 0.0453. The number of fused-ring (bicyclic) bond motifs is 1. The summed E-state index contributed by atoms with van der Waals surface area (Å²) in [5, 5.41) is 9.54. The Morgan fingerprint density at radius 2 is 1.78 bits per heavy atom. The summed E-state index contributed by atoms with van der Waals surface area (Å²) < 4.78 is 70.3. The number of halogens is 5. The molecule has 0 aliphatic heterocycles. The van der Waals surface area contributed by atoms with E-state index in [9.17, 15) is 27.2 Å². The maximum Gasteiger partial charge on any atom is 0.416 e. The van der Waals surface area contributed by atoms with Crippen molar-refractivity contribution in [3.05, 3.63) is 89.1 Å². The summed E-state index contributed by atoms with van der Waals surface area (Å²) >= 11 is 0. The van der Waals surface area contributed by atoms with Gasteiger partial charge in [-0.3, -0.25) is 9.59 Å². The lowest BCUT2D eigenvalue weighted by Gasteiger charge is -2.12. The second-order valence-electron chi connectivity index (χ2n) is 8.68. The Kier molecular flexibility index (Phi) is 6.14. The maximum atomic E-state index is 15.1. The number of benzene rings is 3. The largest absolute Gasteiger partial charge is 0.416 e. The van der Waals surface area contributed by atoms with Crippen molar-refractivity contribution in [2.75, 3.05) is 5.32 Å². The molecular weight excluding hydrogens is 495 g/mol. The van der Waals surface area contributed by atoms with Gasteiger partial charge in [0, 0.05) is 23.4 Å². The minimum Gasteiger partial charge on any atom is -0.352 e. The molecule has 0 unspecified atom stereocenters. The first kappa shape index (κ1) is 24.4. The lowest BCUT2D eigenvalue weighted by atomic mass is 10.1. The summed E-state index contributed by atoms with van der Waals surface area (Å²) in [6, 6.07) is 11.3. The monoisotopic (exact) mass is 514 g/mol. The molecule has 11 heteroatoms. The predicted molar refractivity (Wildman–Crippen MR) is 125 cm³/mol. The zero-order valence-corrected chi connectivity index (χ0v) is 19.1. The van der Waals surface area contributed by atoms with Crippen LogP contribution in [0.15, 0.2) is 60.8 Å². The van der Waals surface area contributed by atoms with Gasteiger partial charge in [0.05, 0.1) is 28.7 Å². The van der Waals surface area contributed by atoms with Crippen molar-refractivity contribution in [2.45, 2.75) is 25.6 Å². The van der Waals surface area contributed by atoms with Gasteiger partial charge in [-0.1, -0.05) is 18.2 Å². The molecule has 0 radical (unpaired) electrons. The standard InChI is InChI=1S/C26H19F5N4O2/c27-19-10-9-15(12-32-24(36)14-7-8-14)23(28)22(19)25(37)34-20-5-2-6-21-18(20)13-33-35(21)17-4-1-3-16(11-17)26(29,30)31/h1-6,9-11,13-14H,7-8,12H2,(H,32,36)(H,34,37). The van der Waals surface area contributed by atoms with Crippen LogP contribution in [0.4, 0.5) is 27.6 Å². The fourth-order valence-electron chi connectivity index (χ4n) is 3.98. The van der Waals surface area contributed by atoms with Crippen LogP contribution < -0.4 is 10.6 Å². The van der Waals surface area contributed by atoms with E-state index in [1.807, 2.05) is 0 Å². The van der Waals surface area contributed by atoms with Gasteiger partial charge in [0.2, 0.25) is 5.91 Å². The summed E-state index contributed by atoms with van der Waals surface area (Å²) in [5.74, 6) is -3.56. The van der Waals surface area contributed by atoms with E-state index in [-0.39, 0.29) is 35.3 Å². The zero-order chi connectivity index (χ0) is 26.3. The lowest BCUT2D eigenvalue weighted by Crippen LogP contribution is -2.25. The number of aromatic nitrogens is 2. The highest BCUT2D eigenvalue weighted by Crippen LogP contribution is 2.32. The van der Waals surface area contributed by atoms with Crippen LogP contribution in [0, 0.1) is 17.6 Å². The van der Waals surface area contributed by atoms with E-state index in [1.54, 1.807) is 6.07 Å². The van der Waals surface area contributed by atoms with Crippen molar-refractivity contribution in [3.8, 4) is 5.69 Å². The van der Waals surface area contributed by atoms with Crippen LogP contribution in [-0.2, 0) is 17.5 Å². The second-order valence-corrected chi connectivity index (χ2v) is 8.68. The number of carbonyl (C=O) groups is 2. The van der Waals surface area contributed by atoms with Crippen molar-refractivity contribution in [3.63, 3.8) is 0 Å². The van der Waals surface area contributed by atoms with E-state index < -0.39 is 34.8 Å². The first-order chi connectivity index (χ1) is 17.6. The van der Waals surface area contributed by atoms with Gasteiger partial charge in [-0.25, -0.2) is 13.5 Å². The maximum absolute atomic E-state index is 15.1. The van der Waals surface area contributed by atoms with Crippen LogP contribution in [0.5, 0.6) is 0 Å². The number of hydrogen-bond acceptors (Lipinski definition) is 3. The lowest BCUT2D eigenvalue weighted by molar-refractivity contribution is -0.137. The van der Waals surface area contributed by atoms with Gasteiger partial charge >= 0.3 is 6.18 Å². The SMILES string of the molecule is O=C(Nc1cccc2c1cnn2-c1cccc(C(F)(F)F)c1)c1c(F)ccc(CNC(=O)C2CC2)c1F. The molecule has 1 heterocycles. The van der Waals surface area contributed by atoms with E-state index in [4.69, 9.17) is 0 Å². The Morgan fingerprint density at radius 3 is 2.51 bits per heavy atom. The number of amides is 2. The first-order valence-corrected chi connectivity index (χ1v) is 11.3. The van der Waals surface area contributed by atoms with Gasteiger partial charge in [0.15, 0.2) is 0 Å². The molecule has 0 atom stereocenters. The predicted octanol–water partition coefficient (Wildman–Crippen LogP) is 5.60. The van der Waals surface area contributed by atoms with Gasteiger partial charge in [-0.05, 0) is 49.2 Å². The third-order valence-electron chi connectivity index (χ3n) is 6.08. The number of nitrogens with one attached hydrogen (secondary N) is 2.